The summed E-state index contributed by atoms with van der Waals surface area (Å²) in [6, 6.07) is 74.4. The average Bonchev–Trinajstić information content (AvgIpc) is 3.94. The van der Waals surface area contributed by atoms with Crippen LogP contribution in [0.3, 0.4) is 0 Å². The minimum atomic E-state index is -0.425. The summed E-state index contributed by atoms with van der Waals surface area (Å²) in [4.78, 5) is 62.3. The number of fused-ring (bicyclic) bond motifs is 4. The van der Waals surface area contributed by atoms with Gasteiger partial charge in [-0.05, 0) is 35.9 Å². The summed E-state index contributed by atoms with van der Waals surface area (Å²) in [6.45, 7) is 0. The number of carbonyl (C=O) groups excluding carboxylic acids is 2. The molecule has 10 nitrogen and oxygen atoms in total. The van der Waals surface area contributed by atoms with Gasteiger partial charge in [0.25, 0.3) is 11.8 Å². The minimum Gasteiger partial charge on any atom is -0.308 e. The van der Waals surface area contributed by atoms with E-state index in [0.29, 0.717) is 51.9 Å². The van der Waals surface area contributed by atoms with Crippen LogP contribution in [-0.4, -0.2) is 46.3 Å². The summed E-state index contributed by atoms with van der Waals surface area (Å²) in [7, 11) is 0. The van der Waals surface area contributed by atoms with Gasteiger partial charge in [0, 0.05) is 49.7 Å². The van der Waals surface area contributed by atoms with Crippen molar-refractivity contribution >= 4 is 39.3 Å². The molecule has 1 aliphatic rings. The molecular weight excluding hydrogens is 889 g/mol. The molecular formula is C62H38N8O2. The van der Waals surface area contributed by atoms with Crippen molar-refractivity contribution in [2.75, 3.05) is 4.90 Å². The van der Waals surface area contributed by atoms with E-state index in [9.17, 15) is 4.79 Å². The molecule has 0 unspecified atom stereocenters. The highest BCUT2D eigenvalue weighted by Crippen LogP contribution is 2.45. The molecule has 0 bridgehead atoms. The average molecular weight is 927 g/mol. The Bertz CT molecular complexity index is 3770. The van der Waals surface area contributed by atoms with Crippen molar-refractivity contribution in [2.24, 2.45) is 0 Å². The number of nitrogens with zero attached hydrogens (tertiary/aromatic N) is 8. The molecule has 13 rings (SSSR count). The lowest BCUT2D eigenvalue weighted by Crippen LogP contribution is -2.30. The van der Waals surface area contributed by atoms with Gasteiger partial charge in [-0.3, -0.25) is 9.59 Å². The molecule has 9 aromatic carbocycles. The standard InChI is InChI=1S/C62H38N8O2/c71-61-47-34-20-38-51(54(47)62(72)70(61)48-35-17-16-31-44(48)39-21-6-1-7-22-39)69-49-36-18-32-45(59-65-55(40-23-8-2-9-24-40)63-56(66-59)41-25-10-3-11-26-41)52(49)53-46(33-19-37-50(53)69)60-67-57(42-27-12-4-13-28-42)64-58(68-60)43-29-14-5-15-30-43/h1-38H. The lowest BCUT2D eigenvalue weighted by atomic mass is 10.0. The molecule has 0 atom stereocenters. The van der Waals surface area contributed by atoms with Gasteiger partial charge >= 0.3 is 0 Å². The van der Waals surface area contributed by atoms with E-state index >= 15 is 4.79 Å². The van der Waals surface area contributed by atoms with Crippen molar-refractivity contribution in [1.82, 2.24) is 34.5 Å². The van der Waals surface area contributed by atoms with Gasteiger partial charge in [0.2, 0.25) is 0 Å². The quantitative estimate of drug-likeness (QED) is 0.131. The molecule has 4 heterocycles. The summed E-state index contributed by atoms with van der Waals surface area (Å²) in [5.41, 5.74) is 9.56. The van der Waals surface area contributed by atoms with Crippen LogP contribution >= 0.6 is 0 Å². The third-order valence-electron chi connectivity index (χ3n) is 13.1. The van der Waals surface area contributed by atoms with Gasteiger partial charge in [0.05, 0.1) is 33.5 Å². The van der Waals surface area contributed by atoms with Crippen molar-refractivity contribution in [3.05, 3.63) is 242 Å². The van der Waals surface area contributed by atoms with E-state index in [1.807, 2.05) is 224 Å². The predicted octanol–water partition coefficient (Wildman–Crippen LogP) is 13.6. The van der Waals surface area contributed by atoms with Crippen LogP contribution in [-0.2, 0) is 0 Å². The van der Waals surface area contributed by atoms with Crippen LogP contribution in [0.15, 0.2) is 231 Å². The number of anilines is 1. The van der Waals surface area contributed by atoms with Crippen LogP contribution < -0.4 is 4.90 Å². The van der Waals surface area contributed by atoms with E-state index in [2.05, 4.69) is 4.57 Å². The SMILES string of the molecule is O=C1c2cccc(-n3c4cccc(-c5nc(-c6ccccc6)nc(-c6ccccc6)n5)c4c4c(-c5nc(-c6ccccc6)nc(-c6ccccc6)n5)cccc43)c2C(=O)N1c1ccccc1-c1ccccc1. The topological polar surface area (TPSA) is 120 Å². The number of imide groups is 1. The van der Waals surface area contributed by atoms with Crippen molar-refractivity contribution in [2.45, 2.75) is 0 Å². The highest BCUT2D eigenvalue weighted by atomic mass is 16.2. The third-order valence-corrected chi connectivity index (χ3v) is 13.1. The largest absolute Gasteiger partial charge is 0.308 e. The first kappa shape index (κ1) is 42.1. The summed E-state index contributed by atoms with van der Waals surface area (Å²) in [5.74, 6) is 2.12. The highest BCUT2D eigenvalue weighted by molar-refractivity contribution is 6.36. The molecule has 0 saturated heterocycles. The molecule has 0 aliphatic carbocycles. The molecule has 10 heteroatoms. The van der Waals surface area contributed by atoms with Gasteiger partial charge in [0.15, 0.2) is 34.9 Å². The van der Waals surface area contributed by atoms with E-state index in [0.717, 1.165) is 66.3 Å². The lowest BCUT2D eigenvalue weighted by molar-refractivity contribution is 0.0926. The first-order chi connectivity index (χ1) is 35.6. The minimum absolute atomic E-state index is 0.288. The normalized spacial score (nSPS) is 12.2. The molecule has 0 saturated carbocycles. The molecule has 12 aromatic rings. The van der Waals surface area contributed by atoms with Gasteiger partial charge in [-0.2, -0.15) is 0 Å². The second-order valence-corrected chi connectivity index (χ2v) is 17.3. The first-order valence-corrected chi connectivity index (χ1v) is 23.5. The second kappa shape index (κ2) is 17.5. The Balaban J connectivity index is 1.10. The molecule has 1 aliphatic heterocycles. The van der Waals surface area contributed by atoms with Gasteiger partial charge in [-0.1, -0.05) is 200 Å². The van der Waals surface area contributed by atoms with Crippen molar-refractivity contribution in [3.63, 3.8) is 0 Å². The zero-order valence-corrected chi connectivity index (χ0v) is 38.3. The maximum atomic E-state index is 15.3. The number of aromatic nitrogens is 7. The Morgan fingerprint density at radius 3 is 1.04 bits per heavy atom. The molecule has 72 heavy (non-hydrogen) atoms. The Hall–Kier alpha value is -10.1. The van der Waals surface area contributed by atoms with Gasteiger partial charge < -0.3 is 4.57 Å². The van der Waals surface area contributed by atoms with Crippen LogP contribution in [0.2, 0.25) is 0 Å². The van der Waals surface area contributed by atoms with E-state index in [1.54, 1.807) is 6.07 Å². The van der Waals surface area contributed by atoms with E-state index < -0.39 is 11.8 Å². The molecule has 0 N–H and O–H groups in total. The molecule has 2 amide bonds. The van der Waals surface area contributed by atoms with Crippen molar-refractivity contribution in [3.8, 4) is 85.1 Å². The first-order valence-electron chi connectivity index (χ1n) is 23.5. The smallest absolute Gasteiger partial charge is 0.268 e. The highest BCUT2D eigenvalue weighted by Gasteiger charge is 2.40. The number of benzene rings is 9. The van der Waals surface area contributed by atoms with Crippen LogP contribution in [0.5, 0.6) is 0 Å². The van der Waals surface area contributed by atoms with Gasteiger partial charge in [-0.15, -0.1) is 0 Å². The Morgan fingerprint density at radius 1 is 0.264 bits per heavy atom. The van der Waals surface area contributed by atoms with Gasteiger partial charge in [0.1, 0.15) is 0 Å². The maximum absolute atomic E-state index is 15.3. The fourth-order valence-corrected chi connectivity index (χ4v) is 9.80. The number of hydrogen-bond acceptors (Lipinski definition) is 8. The molecule has 0 fully saturated rings. The number of carbonyl (C=O) groups is 2. The summed E-state index contributed by atoms with van der Waals surface area (Å²) in [6.07, 6.45) is 0. The predicted molar refractivity (Wildman–Crippen MR) is 283 cm³/mol. The maximum Gasteiger partial charge on any atom is 0.268 e. The van der Waals surface area contributed by atoms with E-state index in [4.69, 9.17) is 29.9 Å². The second-order valence-electron chi connectivity index (χ2n) is 17.3. The molecule has 3 aromatic heterocycles. The van der Waals surface area contributed by atoms with Gasteiger partial charge in [-0.25, -0.2) is 34.8 Å². The number of amides is 2. The van der Waals surface area contributed by atoms with Crippen LogP contribution in [0, 0.1) is 0 Å². The molecule has 338 valence electrons. The third kappa shape index (κ3) is 7.13. The lowest BCUT2D eigenvalue weighted by Gasteiger charge is -2.18. The fraction of sp³-hybridized carbons (Fsp3) is 0. The van der Waals surface area contributed by atoms with Crippen molar-refractivity contribution in [1.29, 1.82) is 0 Å². The molecule has 0 radical (unpaired) electrons. The van der Waals surface area contributed by atoms with Crippen molar-refractivity contribution < 1.29 is 9.59 Å². The summed E-state index contributed by atoms with van der Waals surface area (Å²) in [5, 5.41) is 1.58. The Kier molecular flexibility index (Phi) is 10.2. The summed E-state index contributed by atoms with van der Waals surface area (Å²) >= 11 is 0. The Morgan fingerprint density at radius 2 is 0.597 bits per heavy atom. The Labute approximate surface area is 413 Å². The number of rotatable bonds is 9. The number of hydrogen-bond donors (Lipinski definition) is 0. The van der Waals surface area contributed by atoms with E-state index in [-0.39, 0.29) is 5.56 Å². The van der Waals surface area contributed by atoms with E-state index in [1.165, 1.54) is 4.90 Å². The van der Waals surface area contributed by atoms with Crippen LogP contribution in [0.25, 0.3) is 107 Å². The van der Waals surface area contributed by atoms with Crippen LogP contribution in [0.1, 0.15) is 20.7 Å². The van der Waals surface area contributed by atoms with Crippen LogP contribution in [0.4, 0.5) is 5.69 Å². The zero-order chi connectivity index (χ0) is 48.1. The monoisotopic (exact) mass is 926 g/mol. The number of para-hydroxylation sites is 1. The fourth-order valence-electron chi connectivity index (χ4n) is 9.80. The zero-order valence-electron chi connectivity index (χ0n) is 38.3. The summed E-state index contributed by atoms with van der Waals surface area (Å²) < 4.78 is 2.07. The molecule has 0 spiro atoms.